The van der Waals surface area contributed by atoms with Gasteiger partial charge in [0.1, 0.15) is 12.4 Å². The number of carbonyl (C=O) groups is 1. The SMILES string of the molecule is O=C(C=Cc1ccc2c(c1)OCO2)NCCOc1ccc2nnc(-c3cccc(F)c3)n2n1. The lowest BCUT2D eigenvalue weighted by Crippen LogP contribution is -2.26. The van der Waals surface area contributed by atoms with Crippen LogP contribution in [0.3, 0.4) is 0 Å². The summed E-state index contributed by atoms with van der Waals surface area (Å²) in [5.74, 6) is 1.44. The zero-order valence-electron chi connectivity index (χ0n) is 17.3. The number of benzene rings is 2. The van der Waals surface area contributed by atoms with Gasteiger partial charge in [0.2, 0.25) is 18.6 Å². The van der Waals surface area contributed by atoms with Crippen LogP contribution < -0.4 is 19.5 Å². The van der Waals surface area contributed by atoms with E-state index in [1.54, 1.807) is 42.5 Å². The number of ether oxygens (including phenoxy) is 3. The van der Waals surface area contributed by atoms with E-state index in [4.69, 9.17) is 14.2 Å². The Kier molecular flexibility index (Phi) is 5.54. The Bertz CT molecular complexity index is 1350. The topological polar surface area (TPSA) is 99.9 Å². The molecule has 4 aromatic rings. The highest BCUT2D eigenvalue weighted by atomic mass is 19.1. The van der Waals surface area contributed by atoms with E-state index in [9.17, 15) is 9.18 Å². The van der Waals surface area contributed by atoms with Crippen LogP contribution in [-0.2, 0) is 4.79 Å². The third-order valence-electron chi connectivity index (χ3n) is 4.80. The monoisotopic (exact) mass is 447 g/mol. The molecule has 0 saturated heterocycles. The maximum atomic E-state index is 13.6. The van der Waals surface area contributed by atoms with Crippen molar-refractivity contribution in [2.24, 2.45) is 0 Å². The molecule has 1 N–H and O–H groups in total. The van der Waals surface area contributed by atoms with Crippen LogP contribution in [0.25, 0.3) is 23.1 Å². The van der Waals surface area contributed by atoms with Crippen LogP contribution >= 0.6 is 0 Å². The van der Waals surface area contributed by atoms with E-state index in [1.165, 1.54) is 22.7 Å². The fourth-order valence-electron chi connectivity index (χ4n) is 3.23. The zero-order valence-corrected chi connectivity index (χ0v) is 17.3. The van der Waals surface area contributed by atoms with Crippen LogP contribution in [0.5, 0.6) is 17.4 Å². The summed E-state index contributed by atoms with van der Waals surface area (Å²) in [4.78, 5) is 12.1. The lowest BCUT2D eigenvalue weighted by Gasteiger charge is -2.06. The molecule has 166 valence electrons. The molecule has 1 amide bonds. The molecule has 10 heteroatoms. The molecule has 0 fully saturated rings. The van der Waals surface area contributed by atoms with Gasteiger partial charge in [0.15, 0.2) is 23.0 Å². The van der Waals surface area contributed by atoms with Crippen LogP contribution in [-0.4, -0.2) is 45.7 Å². The van der Waals surface area contributed by atoms with Gasteiger partial charge < -0.3 is 19.5 Å². The van der Waals surface area contributed by atoms with E-state index in [1.807, 2.05) is 6.07 Å². The average molecular weight is 447 g/mol. The second kappa shape index (κ2) is 8.95. The molecule has 33 heavy (non-hydrogen) atoms. The highest BCUT2D eigenvalue weighted by molar-refractivity contribution is 5.91. The molecule has 1 aliphatic heterocycles. The first-order valence-corrected chi connectivity index (χ1v) is 10.1. The summed E-state index contributed by atoms with van der Waals surface area (Å²) in [5, 5.41) is 15.2. The molecule has 0 unspecified atom stereocenters. The maximum Gasteiger partial charge on any atom is 0.244 e. The van der Waals surface area contributed by atoms with Crippen LogP contribution in [0.15, 0.2) is 60.7 Å². The largest absolute Gasteiger partial charge is 0.475 e. The summed E-state index contributed by atoms with van der Waals surface area (Å²) in [5.41, 5.74) is 1.88. The zero-order chi connectivity index (χ0) is 22.6. The second-order valence-corrected chi connectivity index (χ2v) is 7.06. The number of rotatable bonds is 7. The number of nitrogens with one attached hydrogen (secondary N) is 1. The quantitative estimate of drug-likeness (QED) is 0.344. The molecule has 5 rings (SSSR count). The van der Waals surface area contributed by atoms with Crippen molar-refractivity contribution in [3.63, 3.8) is 0 Å². The molecule has 0 bridgehead atoms. The molecule has 0 spiro atoms. The van der Waals surface area contributed by atoms with Gasteiger partial charge in [-0.1, -0.05) is 18.2 Å². The van der Waals surface area contributed by atoms with E-state index in [0.717, 1.165) is 5.56 Å². The highest BCUT2D eigenvalue weighted by Crippen LogP contribution is 2.32. The van der Waals surface area contributed by atoms with Gasteiger partial charge in [0.25, 0.3) is 0 Å². The van der Waals surface area contributed by atoms with E-state index < -0.39 is 0 Å². The first-order valence-electron chi connectivity index (χ1n) is 10.1. The third-order valence-corrected chi connectivity index (χ3v) is 4.80. The summed E-state index contributed by atoms with van der Waals surface area (Å²) in [6, 6.07) is 14.8. The lowest BCUT2D eigenvalue weighted by molar-refractivity contribution is -0.116. The molecule has 3 heterocycles. The summed E-state index contributed by atoms with van der Waals surface area (Å²) in [6.07, 6.45) is 3.12. The van der Waals surface area contributed by atoms with E-state index in [-0.39, 0.29) is 31.7 Å². The molecule has 9 nitrogen and oxygen atoms in total. The standard InChI is InChI=1S/C23H18FN5O4/c24-17-3-1-2-16(13-17)23-27-26-20-7-9-22(28-29(20)23)31-11-10-25-21(30)8-5-15-4-6-18-19(12-15)33-14-32-18/h1-9,12-13H,10-11,14H2,(H,25,30). The van der Waals surface area contributed by atoms with Crippen molar-refractivity contribution in [3.8, 4) is 28.8 Å². The van der Waals surface area contributed by atoms with Gasteiger partial charge in [-0.2, -0.15) is 4.52 Å². The number of aromatic nitrogens is 4. The smallest absolute Gasteiger partial charge is 0.244 e. The summed E-state index contributed by atoms with van der Waals surface area (Å²) >= 11 is 0. The molecule has 0 aliphatic carbocycles. The molecule has 0 saturated carbocycles. The summed E-state index contributed by atoms with van der Waals surface area (Å²) < 4.78 is 31.3. The molecule has 0 atom stereocenters. The predicted molar refractivity (Wildman–Crippen MR) is 116 cm³/mol. The van der Waals surface area contributed by atoms with Crippen molar-refractivity contribution < 1.29 is 23.4 Å². The minimum atomic E-state index is -0.375. The van der Waals surface area contributed by atoms with Gasteiger partial charge in [0, 0.05) is 17.7 Å². The number of amides is 1. The predicted octanol–water partition coefficient (Wildman–Crippen LogP) is 2.87. The molecule has 1 aliphatic rings. The number of hydrogen-bond acceptors (Lipinski definition) is 7. The van der Waals surface area contributed by atoms with Gasteiger partial charge in [-0.3, -0.25) is 4.79 Å². The van der Waals surface area contributed by atoms with Crippen molar-refractivity contribution in [3.05, 3.63) is 72.1 Å². The van der Waals surface area contributed by atoms with Gasteiger partial charge >= 0.3 is 0 Å². The fourth-order valence-corrected chi connectivity index (χ4v) is 3.23. The summed E-state index contributed by atoms with van der Waals surface area (Å²) in [6.45, 7) is 0.691. The van der Waals surface area contributed by atoms with Crippen molar-refractivity contribution in [1.29, 1.82) is 0 Å². The Morgan fingerprint density at radius 1 is 1.12 bits per heavy atom. The average Bonchev–Trinajstić information content (AvgIpc) is 3.47. The minimum Gasteiger partial charge on any atom is -0.475 e. The van der Waals surface area contributed by atoms with E-state index in [2.05, 4.69) is 20.6 Å². The number of hydrogen-bond donors (Lipinski definition) is 1. The van der Waals surface area contributed by atoms with Gasteiger partial charge in [0.05, 0.1) is 6.54 Å². The maximum absolute atomic E-state index is 13.6. The van der Waals surface area contributed by atoms with Crippen LogP contribution in [0.4, 0.5) is 4.39 Å². The Labute approximate surface area is 187 Å². The van der Waals surface area contributed by atoms with Crippen molar-refractivity contribution in [2.75, 3.05) is 19.9 Å². The highest BCUT2D eigenvalue weighted by Gasteiger charge is 2.13. The molecular formula is C23H18FN5O4. The fraction of sp³-hybridized carbons (Fsp3) is 0.130. The van der Waals surface area contributed by atoms with Gasteiger partial charge in [-0.15, -0.1) is 15.3 Å². The lowest BCUT2D eigenvalue weighted by atomic mass is 10.2. The Balaban J connectivity index is 1.16. The van der Waals surface area contributed by atoms with Crippen molar-refractivity contribution >= 4 is 17.6 Å². The van der Waals surface area contributed by atoms with E-state index >= 15 is 0 Å². The molecule has 0 radical (unpaired) electrons. The molecule has 2 aromatic carbocycles. The Morgan fingerprint density at radius 3 is 2.94 bits per heavy atom. The van der Waals surface area contributed by atoms with E-state index in [0.29, 0.717) is 34.4 Å². The number of carbonyl (C=O) groups excluding carboxylic acids is 1. The number of halogens is 1. The Morgan fingerprint density at radius 2 is 2.03 bits per heavy atom. The first kappa shape index (κ1) is 20.4. The minimum absolute atomic E-state index is 0.203. The van der Waals surface area contributed by atoms with Gasteiger partial charge in [-0.05, 0) is 42.0 Å². The van der Waals surface area contributed by atoms with Crippen molar-refractivity contribution in [2.45, 2.75) is 0 Å². The molecular weight excluding hydrogens is 429 g/mol. The third kappa shape index (κ3) is 4.59. The van der Waals surface area contributed by atoms with Crippen molar-refractivity contribution in [1.82, 2.24) is 25.1 Å². The van der Waals surface area contributed by atoms with Crippen LogP contribution in [0.2, 0.25) is 0 Å². The van der Waals surface area contributed by atoms with Gasteiger partial charge in [-0.25, -0.2) is 4.39 Å². The van der Waals surface area contributed by atoms with Crippen LogP contribution in [0.1, 0.15) is 5.56 Å². The van der Waals surface area contributed by atoms with Crippen LogP contribution in [0, 0.1) is 5.82 Å². The number of nitrogens with zero attached hydrogens (tertiary/aromatic N) is 4. The molecule has 2 aromatic heterocycles. The summed E-state index contributed by atoms with van der Waals surface area (Å²) in [7, 11) is 0. The Hall–Kier alpha value is -4.47. The second-order valence-electron chi connectivity index (χ2n) is 7.06. The first-order chi connectivity index (χ1) is 16.2. The number of fused-ring (bicyclic) bond motifs is 2. The normalized spacial score (nSPS) is 12.4.